The number of benzene rings is 2. The van der Waals surface area contributed by atoms with Crippen LogP contribution in [0.15, 0.2) is 54.6 Å². The average molecular weight is 411 g/mol. The highest BCUT2D eigenvalue weighted by Gasteiger charge is 2.19. The molecule has 30 heavy (non-hydrogen) atoms. The number of hydrogen-bond acceptors (Lipinski definition) is 4. The Kier molecular flexibility index (Phi) is 8.09. The molecule has 160 valence electrons. The van der Waals surface area contributed by atoms with E-state index in [4.69, 9.17) is 4.74 Å². The predicted octanol–water partition coefficient (Wildman–Crippen LogP) is 2.23. The van der Waals surface area contributed by atoms with Crippen molar-refractivity contribution in [1.82, 2.24) is 20.4 Å². The Morgan fingerprint density at radius 1 is 0.900 bits per heavy atom. The highest BCUT2D eigenvalue weighted by atomic mass is 16.5. The Hall–Kier alpha value is -3.06. The Morgan fingerprint density at radius 2 is 1.67 bits per heavy atom. The predicted molar refractivity (Wildman–Crippen MR) is 116 cm³/mol. The van der Waals surface area contributed by atoms with Gasteiger partial charge in [-0.05, 0) is 29.7 Å². The van der Waals surface area contributed by atoms with Gasteiger partial charge in [-0.1, -0.05) is 42.5 Å². The van der Waals surface area contributed by atoms with Gasteiger partial charge in [-0.2, -0.15) is 0 Å². The largest absolute Gasteiger partial charge is 0.497 e. The summed E-state index contributed by atoms with van der Waals surface area (Å²) >= 11 is 0. The number of nitrogens with one attached hydrogen (secondary N) is 2. The van der Waals surface area contributed by atoms with E-state index in [1.807, 2.05) is 47.4 Å². The molecule has 7 nitrogen and oxygen atoms in total. The molecule has 0 bridgehead atoms. The van der Waals surface area contributed by atoms with Crippen LogP contribution in [0.25, 0.3) is 0 Å². The van der Waals surface area contributed by atoms with Crippen molar-refractivity contribution in [3.8, 4) is 5.75 Å². The molecule has 0 aromatic heterocycles. The fraction of sp³-hybridized carbons (Fsp3) is 0.391. The second-order valence-electron chi connectivity index (χ2n) is 7.38. The topological polar surface area (TPSA) is 73.9 Å². The molecule has 0 atom stereocenters. The summed E-state index contributed by atoms with van der Waals surface area (Å²) in [7, 11) is 1.66. The number of carbonyl (C=O) groups excluding carboxylic acids is 2. The molecule has 3 rings (SSSR count). The van der Waals surface area contributed by atoms with Crippen molar-refractivity contribution in [1.29, 1.82) is 0 Å². The first-order chi connectivity index (χ1) is 14.6. The number of urea groups is 1. The van der Waals surface area contributed by atoms with E-state index in [0.717, 1.165) is 37.4 Å². The zero-order chi connectivity index (χ0) is 21.2. The minimum Gasteiger partial charge on any atom is -0.497 e. The van der Waals surface area contributed by atoms with Crippen molar-refractivity contribution < 1.29 is 14.3 Å². The van der Waals surface area contributed by atoms with E-state index >= 15 is 0 Å². The van der Waals surface area contributed by atoms with Crippen molar-refractivity contribution in [2.24, 2.45) is 0 Å². The molecule has 1 aliphatic heterocycles. The highest BCUT2D eigenvalue weighted by molar-refractivity contribution is 5.84. The SMILES string of the molecule is COc1ccc(CN2CCCN(C(=O)CNC(=O)NCc3ccccc3)CC2)cc1. The molecule has 1 fully saturated rings. The number of hydrogen-bond donors (Lipinski definition) is 2. The number of rotatable bonds is 7. The van der Waals surface area contributed by atoms with Crippen molar-refractivity contribution in [2.45, 2.75) is 19.5 Å². The number of ether oxygens (including phenoxy) is 1. The van der Waals surface area contributed by atoms with Gasteiger partial charge in [-0.15, -0.1) is 0 Å². The number of methoxy groups -OCH3 is 1. The van der Waals surface area contributed by atoms with Gasteiger partial charge in [-0.3, -0.25) is 9.69 Å². The van der Waals surface area contributed by atoms with E-state index in [1.54, 1.807) is 7.11 Å². The monoisotopic (exact) mass is 410 g/mol. The third-order valence-electron chi connectivity index (χ3n) is 5.20. The maximum atomic E-state index is 12.5. The standard InChI is InChI=1S/C23H30N4O3/c1-30-21-10-8-20(9-11-21)18-26-12-5-13-27(15-14-26)22(28)17-25-23(29)24-16-19-6-3-2-4-7-19/h2-4,6-11H,5,12-18H2,1H3,(H2,24,25,29). The van der Waals surface area contributed by atoms with Gasteiger partial charge < -0.3 is 20.3 Å². The summed E-state index contributed by atoms with van der Waals surface area (Å²) in [6.07, 6.45) is 0.919. The number of nitrogens with zero attached hydrogens (tertiary/aromatic N) is 2. The van der Waals surface area contributed by atoms with Gasteiger partial charge in [0.15, 0.2) is 0 Å². The molecule has 0 radical (unpaired) electrons. The minimum atomic E-state index is -0.330. The van der Waals surface area contributed by atoms with Crippen LogP contribution in [0.1, 0.15) is 17.5 Å². The molecular formula is C23H30N4O3. The maximum Gasteiger partial charge on any atom is 0.315 e. The molecule has 0 spiro atoms. The lowest BCUT2D eigenvalue weighted by Gasteiger charge is -2.22. The fourth-order valence-electron chi connectivity index (χ4n) is 3.48. The molecular weight excluding hydrogens is 380 g/mol. The van der Waals surface area contributed by atoms with Crippen LogP contribution in [0.3, 0.4) is 0 Å². The van der Waals surface area contributed by atoms with Crippen LogP contribution in [0.2, 0.25) is 0 Å². The van der Waals surface area contributed by atoms with E-state index in [-0.39, 0.29) is 18.5 Å². The van der Waals surface area contributed by atoms with E-state index in [9.17, 15) is 9.59 Å². The molecule has 1 aliphatic rings. The summed E-state index contributed by atoms with van der Waals surface area (Å²) in [5.41, 5.74) is 2.25. The Bertz CT molecular complexity index is 811. The van der Waals surface area contributed by atoms with Gasteiger partial charge in [-0.25, -0.2) is 4.79 Å². The van der Waals surface area contributed by atoms with Crippen LogP contribution >= 0.6 is 0 Å². The van der Waals surface area contributed by atoms with Crippen molar-refractivity contribution in [3.63, 3.8) is 0 Å². The molecule has 2 aromatic carbocycles. The first-order valence-electron chi connectivity index (χ1n) is 10.3. The second-order valence-corrected chi connectivity index (χ2v) is 7.38. The van der Waals surface area contributed by atoms with Gasteiger partial charge in [0.2, 0.25) is 5.91 Å². The minimum absolute atomic E-state index is 0.0130. The third-order valence-corrected chi connectivity index (χ3v) is 5.20. The molecule has 1 heterocycles. The van der Waals surface area contributed by atoms with E-state index in [1.165, 1.54) is 5.56 Å². The third kappa shape index (κ3) is 6.77. The molecule has 7 heteroatoms. The van der Waals surface area contributed by atoms with Crippen molar-refractivity contribution >= 4 is 11.9 Å². The van der Waals surface area contributed by atoms with E-state index in [0.29, 0.717) is 19.6 Å². The van der Waals surface area contributed by atoms with Crippen molar-refractivity contribution in [3.05, 3.63) is 65.7 Å². The van der Waals surface area contributed by atoms with E-state index in [2.05, 4.69) is 27.7 Å². The van der Waals surface area contributed by atoms with Gasteiger partial charge in [0.1, 0.15) is 5.75 Å². The van der Waals surface area contributed by atoms with E-state index < -0.39 is 0 Å². The number of carbonyl (C=O) groups is 2. The first kappa shape index (κ1) is 21.6. The van der Waals surface area contributed by atoms with Gasteiger partial charge in [0, 0.05) is 39.3 Å². The normalized spacial score (nSPS) is 14.6. The van der Waals surface area contributed by atoms with Crippen LogP contribution < -0.4 is 15.4 Å². The molecule has 1 saturated heterocycles. The Labute approximate surface area is 178 Å². The average Bonchev–Trinajstić information content (AvgIpc) is 3.03. The quantitative estimate of drug-likeness (QED) is 0.734. The van der Waals surface area contributed by atoms with Crippen LogP contribution in [0.5, 0.6) is 5.75 Å². The zero-order valence-electron chi connectivity index (χ0n) is 17.5. The smallest absolute Gasteiger partial charge is 0.315 e. The highest BCUT2D eigenvalue weighted by Crippen LogP contribution is 2.14. The van der Waals surface area contributed by atoms with Crippen molar-refractivity contribution in [2.75, 3.05) is 39.8 Å². The summed E-state index contributed by atoms with van der Waals surface area (Å²) in [4.78, 5) is 28.7. The molecule has 2 N–H and O–H groups in total. The van der Waals surface area contributed by atoms with Crippen LogP contribution in [0.4, 0.5) is 4.79 Å². The summed E-state index contributed by atoms with van der Waals surface area (Å²) in [5, 5.41) is 5.44. The summed E-state index contributed by atoms with van der Waals surface area (Å²) in [6.45, 7) is 4.45. The molecule has 2 aromatic rings. The molecule has 3 amide bonds. The van der Waals surface area contributed by atoms with Crippen LogP contribution in [0, 0.1) is 0 Å². The Balaban J connectivity index is 1.38. The molecule has 0 saturated carbocycles. The fourth-order valence-corrected chi connectivity index (χ4v) is 3.48. The van der Waals surface area contributed by atoms with Crippen LogP contribution in [-0.4, -0.2) is 61.6 Å². The van der Waals surface area contributed by atoms with Gasteiger partial charge in [0.05, 0.1) is 13.7 Å². The molecule has 0 unspecified atom stereocenters. The molecule has 0 aliphatic carbocycles. The summed E-state index contributed by atoms with van der Waals surface area (Å²) in [5.74, 6) is 0.808. The van der Waals surface area contributed by atoms with Crippen LogP contribution in [-0.2, 0) is 17.9 Å². The lowest BCUT2D eigenvalue weighted by atomic mass is 10.2. The van der Waals surface area contributed by atoms with Gasteiger partial charge in [0.25, 0.3) is 0 Å². The lowest BCUT2D eigenvalue weighted by molar-refractivity contribution is -0.129. The second kappa shape index (κ2) is 11.2. The van der Waals surface area contributed by atoms with Gasteiger partial charge >= 0.3 is 6.03 Å². The first-order valence-corrected chi connectivity index (χ1v) is 10.3. The Morgan fingerprint density at radius 3 is 2.40 bits per heavy atom. The summed E-state index contributed by atoms with van der Waals surface area (Å²) in [6, 6.07) is 17.4. The number of amides is 3. The summed E-state index contributed by atoms with van der Waals surface area (Å²) < 4.78 is 5.20. The lowest BCUT2D eigenvalue weighted by Crippen LogP contribution is -2.44. The maximum absolute atomic E-state index is 12.5. The zero-order valence-corrected chi connectivity index (χ0v) is 17.5.